The smallest absolute Gasteiger partial charge is 0.133 e. The first-order chi connectivity index (χ1) is 8.25. The first-order valence-corrected chi connectivity index (χ1v) is 7.11. The Morgan fingerprint density at radius 1 is 1.18 bits per heavy atom. The van der Waals surface area contributed by atoms with Crippen molar-refractivity contribution in [2.45, 2.75) is 38.1 Å². The van der Waals surface area contributed by atoms with Crippen LogP contribution < -0.4 is 4.90 Å². The minimum Gasteiger partial charge on any atom is -0.368 e. The van der Waals surface area contributed by atoms with Crippen molar-refractivity contribution < 1.29 is 4.79 Å². The van der Waals surface area contributed by atoms with E-state index in [1.807, 2.05) is 0 Å². The Hall–Kier alpha value is -0.830. The van der Waals surface area contributed by atoms with Crippen molar-refractivity contribution in [3.8, 4) is 0 Å². The lowest BCUT2D eigenvalue weighted by molar-refractivity contribution is -0.120. The summed E-state index contributed by atoms with van der Waals surface area (Å²) in [7, 11) is 0. The Balaban J connectivity index is 1.84. The fraction of sp³-hybridized carbons (Fsp3) is 0.500. The zero-order valence-corrected chi connectivity index (χ0v) is 11.4. The Labute approximate surface area is 110 Å². The molecule has 3 rings (SSSR count). The molecule has 1 fully saturated rings. The van der Waals surface area contributed by atoms with Crippen LogP contribution in [-0.4, -0.2) is 18.4 Å². The van der Waals surface area contributed by atoms with E-state index in [0.717, 1.165) is 38.6 Å². The van der Waals surface area contributed by atoms with Gasteiger partial charge in [-0.25, -0.2) is 0 Å². The molecule has 90 valence electrons. The van der Waals surface area contributed by atoms with Crippen LogP contribution in [0.3, 0.4) is 0 Å². The average Bonchev–Trinajstić information content (AvgIpc) is 2.75. The minimum atomic E-state index is 0.440. The van der Waals surface area contributed by atoms with E-state index in [0.29, 0.717) is 11.8 Å². The van der Waals surface area contributed by atoms with Gasteiger partial charge in [-0.3, -0.25) is 4.79 Å². The van der Waals surface area contributed by atoms with E-state index in [1.54, 1.807) is 0 Å². The average molecular weight is 294 g/mol. The topological polar surface area (TPSA) is 20.3 Å². The van der Waals surface area contributed by atoms with Crippen molar-refractivity contribution in [1.82, 2.24) is 0 Å². The molecule has 1 heterocycles. The Kier molecular flexibility index (Phi) is 2.95. The number of anilines is 1. The van der Waals surface area contributed by atoms with Crippen molar-refractivity contribution in [2.75, 3.05) is 11.4 Å². The first-order valence-electron chi connectivity index (χ1n) is 6.31. The molecule has 0 amide bonds. The van der Waals surface area contributed by atoms with E-state index < -0.39 is 0 Å². The summed E-state index contributed by atoms with van der Waals surface area (Å²) in [5, 5.41) is 0. The fourth-order valence-electron chi connectivity index (χ4n) is 3.03. The predicted octanol–water partition coefficient (Wildman–Crippen LogP) is 3.32. The van der Waals surface area contributed by atoms with E-state index in [2.05, 4.69) is 39.0 Å². The van der Waals surface area contributed by atoms with Crippen LogP contribution >= 0.6 is 15.9 Å². The number of nitrogens with zero attached hydrogens (tertiary/aromatic N) is 1. The van der Waals surface area contributed by atoms with Gasteiger partial charge in [-0.2, -0.15) is 0 Å². The monoisotopic (exact) mass is 293 g/mol. The summed E-state index contributed by atoms with van der Waals surface area (Å²) >= 11 is 3.63. The highest BCUT2D eigenvalue weighted by atomic mass is 79.9. The maximum atomic E-state index is 11.3. The Bertz CT molecular complexity index is 448. The van der Waals surface area contributed by atoms with Gasteiger partial charge in [0.15, 0.2) is 0 Å². The number of hydrogen-bond acceptors (Lipinski definition) is 2. The predicted molar refractivity (Wildman–Crippen MR) is 72.5 cm³/mol. The number of rotatable bonds is 1. The summed E-state index contributed by atoms with van der Waals surface area (Å²) in [6.45, 7) is 1.11. The molecule has 0 radical (unpaired) electrons. The number of carbonyl (C=O) groups is 1. The van der Waals surface area contributed by atoms with Crippen molar-refractivity contribution in [3.05, 3.63) is 28.2 Å². The molecule has 1 aliphatic heterocycles. The molecule has 0 atom stereocenters. The van der Waals surface area contributed by atoms with E-state index in [9.17, 15) is 4.79 Å². The lowest BCUT2D eigenvalue weighted by atomic mass is 9.93. The van der Waals surface area contributed by atoms with Gasteiger partial charge in [0.1, 0.15) is 5.78 Å². The zero-order chi connectivity index (χ0) is 11.8. The van der Waals surface area contributed by atoms with Crippen molar-refractivity contribution in [3.63, 3.8) is 0 Å². The highest BCUT2D eigenvalue weighted by Gasteiger charge is 2.29. The molecule has 1 saturated carbocycles. The van der Waals surface area contributed by atoms with Crippen LogP contribution in [0.4, 0.5) is 5.69 Å². The molecule has 3 heteroatoms. The molecule has 0 N–H and O–H groups in total. The van der Waals surface area contributed by atoms with E-state index in [1.165, 1.54) is 15.7 Å². The van der Waals surface area contributed by atoms with Gasteiger partial charge < -0.3 is 4.90 Å². The van der Waals surface area contributed by atoms with Crippen molar-refractivity contribution in [2.24, 2.45) is 0 Å². The van der Waals surface area contributed by atoms with Crippen LogP contribution in [0.5, 0.6) is 0 Å². The molecule has 1 aromatic rings. The van der Waals surface area contributed by atoms with Gasteiger partial charge >= 0.3 is 0 Å². The van der Waals surface area contributed by atoms with Crippen LogP contribution in [0, 0.1) is 0 Å². The van der Waals surface area contributed by atoms with Gasteiger partial charge in [0.05, 0.1) is 0 Å². The molecule has 0 saturated heterocycles. The number of fused-ring (bicyclic) bond motifs is 1. The number of ketones is 1. The second-order valence-electron chi connectivity index (χ2n) is 4.95. The third-order valence-corrected chi connectivity index (χ3v) is 4.70. The van der Waals surface area contributed by atoms with E-state index >= 15 is 0 Å². The summed E-state index contributed by atoms with van der Waals surface area (Å²) in [6.07, 6.45) is 4.73. The van der Waals surface area contributed by atoms with Crippen LogP contribution in [0.15, 0.2) is 22.7 Å². The summed E-state index contributed by atoms with van der Waals surface area (Å²) in [5.41, 5.74) is 2.81. The molecular weight excluding hydrogens is 278 g/mol. The molecule has 2 nitrogen and oxygen atoms in total. The van der Waals surface area contributed by atoms with Gasteiger partial charge in [-0.05, 0) is 37.0 Å². The number of carbonyl (C=O) groups excluding carboxylic acids is 1. The molecular formula is C14H16BrNO. The van der Waals surface area contributed by atoms with Gasteiger partial charge in [0, 0.05) is 35.6 Å². The standard InChI is InChI=1S/C14H16BrNO/c15-13-2-1-3-14-12(13)8-9-16(14)10-4-6-11(17)7-5-10/h1-3,10H,4-9H2. The zero-order valence-electron chi connectivity index (χ0n) is 9.79. The fourth-order valence-corrected chi connectivity index (χ4v) is 3.59. The first kappa shape index (κ1) is 11.3. The molecule has 2 aliphatic rings. The molecule has 0 spiro atoms. The maximum Gasteiger partial charge on any atom is 0.133 e. The third kappa shape index (κ3) is 2.01. The van der Waals surface area contributed by atoms with Crippen molar-refractivity contribution in [1.29, 1.82) is 0 Å². The molecule has 0 bridgehead atoms. The number of benzene rings is 1. The highest BCUT2D eigenvalue weighted by molar-refractivity contribution is 9.10. The molecule has 1 aromatic carbocycles. The summed E-state index contributed by atoms with van der Waals surface area (Å²) < 4.78 is 1.23. The lowest BCUT2D eigenvalue weighted by Crippen LogP contribution is -2.37. The number of Topliss-reactive ketones (excluding diaryl/α,β-unsaturated/α-hetero) is 1. The molecule has 1 aliphatic carbocycles. The largest absolute Gasteiger partial charge is 0.368 e. The number of halogens is 1. The normalized spacial score (nSPS) is 20.8. The summed E-state index contributed by atoms with van der Waals surface area (Å²) in [5.74, 6) is 0.440. The van der Waals surface area contributed by atoms with Crippen LogP contribution in [-0.2, 0) is 11.2 Å². The second kappa shape index (κ2) is 4.45. The molecule has 0 aromatic heterocycles. The maximum absolute atomic E-state index is 11.3. The molecule has 17 heavy (non-hydrogen) atoms. The van der Waals surface area contributed by atoms with Gasteiger partial charge in [-0.1, -0.05) is 22.0 Å². The lowest BCUT2D eigenvalue weighted by Gasteiger charge is -2.32. The second-order valence-corrected chi connectivity index (χ2v) is 5.81. The van der Waals surface area contributed by atoms with Crippen LogP contribution in [0.1, 0.15) is 31.2 Å². The van der Waals surface area contributed by atoms with Crippen LogP contribution in [0.25, 0.3) is 0 Å². The van der Waals surface area contributed by atoms with Crippen molar-refractivity contribution >= 4 is 27.4 Å². The van der Waals surface area contributed by atoms with E-state index in [4.69, 9.17) is 0 Å². The number of hydrogen-bond donors (Lipinski definition) is 0. The van der Waals surface area contributed by atoms with E-state index in [-0.39, 0.29) is 0 Å². The molecule has 0 unspecified atom stereocenters. The van der Waals surface area contributed by atoms with Gasteiger partial charge in [0.2, 0.25) is 0 Å². The Morgan fingerprint density at radius 2 is 1.94 bits per heavy atom. The Morgan fingerprint density at radius 3 is 2.71 bits per heavy atom. The summed E-state index contributed by atoms with van der Waals surface area (Å²) in [4.78, 5) is 13.8. The SMILES string of the molecule is O=C1CCC(N2CCc3c(Br)cccc32)CC1. The summed E-state index contributed by atoms with van der Waals surface area (Å²) in [6, 6.07) is 7.01. The van der Waals surface area contributed by atoms with Gasteiger partial charge in [0.25, 0.3) is 0 Å². The third-order valence-electron chi connectivity index (χ3n) is 3.96. The van der Waals surface area contributed by atoms with Gasteiger partial charge in [-0.15, -0.1) is 0 Å². The highest BCUT2D eigenvalue weighted by Crippen LogP contribution is 2.37. The van der Waals surface area contributed by atoms with Crippen LogP contribution in [0.2, 0.25) is 0 Å². The minimum absolute atomic E-state index is 0.440. The quantitative estimate of drug-likeness (QED) is 0.792.